The molecule has 0 aromatic heterocycles. The summed E-state index contributed by atoms with van der Waals surface area (Å²) in [5.41, 5.74) is -3.84. The summed E-state index contributed by atoms with van der Waals surface area (Å²) < 4.78 is 81.3. The van der Waals surface area contributed by atoms with Crippen LogP contribution in [0.2, 0.25) is 0 Å². The molecular weight excluding hydrogens is 410 g/mol. The standard InChI is InChI=1S/C22H12F6O2/c23-21(24,25)15-9-11-5-1-3-7-13(11)17(19(15)29)18-14-8-4-2-6-12(14)10-16(20(18)30)22(26,27)28/h1-10,29-30H. The predicted molar refractivity (Wildman–Crippen MR) is 100 cm³/mol. The van der Waals surface area contributed by atoms with Crippen LogP contribution in [0.4, 0.5) is 26.3 Å². The number of aromatic hydroxyl groups is 2. The number of alkyl halides is 6. The van der Waals surface area contributed by atoms with Gasteiger partial charge in [0.25, 0.3) is 0 Å². The van der Waals surface area contributed by atoms with E-state index < -0.39 is 46.1 Å². The molecule has 30 heavy (non-hydrogen) atoms. The van der Waals surface area contributed by atoms with Crippen molar-refractivity contribution in [1.82, 2.24) is 0 Å². The van der Waals surface area contributed by atoms with Crippen molar-refractivity contribution in [3.63, 3.8) is 0 Å². The van der Waals surface area contributed by atoms with Crippen molar-refractivity contribution in [2.45, 2.75) is 12.4 Å². The second-order valence-electron chi connectivity index (χ2n) is 6.73. The van der Waals surface area contributed by atoms with Gasteiger partial charge in [0.15, 0.2) is 0 Å². The van der Waals surface area contributed by atoms with Gasteiger partial charge in [-0.15, -0.1) is 0 Å². The van der Waals surface area contributed by atoms with Crippen LogP contribution in [0, 0.1) is 0 Å². The Kier molecular flexibility index (Phi) is 4.34. The third-order valence-electron chi connectivity index (χ3n) is 4.90. The zero-order valence-electron chi connectivity index (χ0n) is 14.9. The molecule has 8 heteroatoms. The van der Waals surface area contributed by atoms with Gasteiger partial charge in [-0.2, -0.15) is 26.3 Å². The van der Waals surface area contributed by atoms with Crippen LogP contribution in [0.1, 0.15) is 11.1 Å². The predicted octanol–water partition coefficient (Wildman–Crippen LogP) is 7.11. The summed E-state index contributed by atoms with van der Waals surface area (Å²) in [6, 6.07) is 12.8. The van der Waals surface area contributed by atoms with E-state index in [0.29, 0.717) is 0 Å². The number of hydrogen-bond acceptors (Lipinski definition) is 2. The highest BCUT2D eigenvalue weighted by atomic mass is 19.4. The molecule has 0 radical (unpaired) electrons. The Hall–Kier alpha value is -3.42. The van der Waals surface area contributed by atoms with Crippen molar-refractivity contribution in [2.24, 2.45) is 0 Å². The Labute approximate surface area is 165 Å². The number of phenolic OH excluding ortho intramolecular Hbond substituents is 2. The molecule has 0 aliphatic rings. The molecule has 4 aromatic rings. The molecule has 0 saturated carbocycles. The van der Waals surface area contributed by atoms with Crippen molar-refractivity contribution in [2.75, 3.05) is 0 Å². The number of hydrogen-bond donors (Lipinski definition) is 2. The van der Waals surface area contributed by atoms with Crippen LogP contribution in [-0.2, 0) is 12.4 Å². The fourth-order valence-electron chi connectivity index (χ4n) is 3.61. The maximum Gasteiger partial charge on any atom is 0.419 e. The Morgan fingerprint density at radius 2 is 0.867 bits per heavy atom. The first-order chi connectivity index (χ1) is 14.0. The van der Waals surface area contributed by atoms with Crippen LogP contribution in [0.25, 0.3) is 32.7 Å². The molecule has 154 valence electrons. The summed E-state index contributed by atoms with van der Waals surface area (Å²) in [7, 11) is 0. The zero-order valence-corrected chi connectivity index (χ0v) is 14.9. The second-order valence-corrected chi connectivity index (χ2v) is 6.73. The van der Waals surface area contributed by atoms with Crippen molar-refractivity contribution in [3.8, 4) is 22.6 Å². The van der Waals surface area contributed by atoms with E-state index in [9.17, 15) is 36.6 Å². The number of benzene rings is 4. The van der Waals surface area contributed by atoms with Gasteiger partial charge in [0.2, 0.25) is 0 Å². The second kappa shape index (κ2) is 6.55. The van der Waals surface area contributed by atoms with Crippen LogP contribution in [0.3, 0.4) is 0 Å². The first kappa shape index (κ1) is 19.9. The highest BCUT2D eigenvalue weighted by Crippen LogP contribution is 2.52. The summed E-state index contributed by atoms with van der Waals surface area (Å²) in [5.74, 6) is -2.50. The van der Waals surface area contributed by atoms with E-state index in [-0.39, 0.29) is 21.5 Å². The molecule has 2 N–H and O–H groups in total. The molecule has 0 heterocycles. The average molecular weight is 422 g/mol. The van der Waals surface area contributed by atoms with Crippen molar-refractivity contribution in [3.05, 3.63) is 71.8 Å². The van der Waals surface area contributed by atoms with Crippen LogP contribution in [0.15, 0.2) is 60.7 Å². The summed E-state index contributed by atoms with van der Waals surface area (Å²) in [6.07, 6.45) is -9.92. The Balaban J connectivity index is 2.27. The number of phenols is 2. The lowest BCUT2D eigenvalue weighted by Crippen LogP contribution is -2.08. The van der Waals surface area contributed by atoms with E-state index in [2.05, 4.69) is 0 Å². The SMILES string of the molecule is Oc1c(C(F)(F)F)cc2ccccc2c1-c1c(O)c(C(F)(F)F)cc2ccccc12. The van der Waals surface area contributed by atoms with Gasteiger partial charge in [-0.25, -0.2) is 0 Å². The zero-order chi connectivity index (χ0) is 21.8. The van der Waals surface area contributed by atoms with Gasteiger partial charge in [-0.1, -0.05) is 48.5 Å². The number of rotatable bonds is 1. The molecule has 0 amide bonds. The summed E-state index contributed by atoms with van der Waals surface area (Å²) in [4.78, 5) is 0. The first-order valence-electron chi connectivity index (χ1n) is 8.64. The van der Waals surface area contributed by atoms with Crippen LogP contribution < -0.4 is 0 Å². The van der Waals surface area contributed by atoms with Crippen molar-refractivity contribution < 1.29 is 36.6 Å². The van der Waals surface area contributed by atoms with Gasteiger partial charge in [0, 0.05) is 11.1 Å². The molecule has 0 spiro atoms. The highest BCUT2D eigenvalue weighted by molar-refractivity contribution is 6.10. The Morgan fingerprint density at radius 1 is 0.533 bits per heavy atom. The van der Waals surface area contributed by atoms with E-state index in [1.807, 2.05) is 0 Å². The van der Waals surface area contributed by atoms with Gasteiger partial charge in [0.05, 0.1) is 11.1 Å². The van der Waals surface area contributed by atoms with E-state index >= 15 is 0 Å². The van der Waals surface area contributed by atoms with Gasteiger partial charge in [-0.3, -0.25) is 0 Å². The van der Waals surface area contributed by atoms with Crippen LogP contribution in [0.5, 0.6) is 11.5 Å². The lowest BCUT2D eigenvalue weighted by atomic mass is 9.88. The third-order valence-corrected chi connectivity index (χ3v) is 4.90. The molecule has 0 aliphatic heterocycles. The van der Waals surface area contributed by atoms with Crippen molar-refractivity contribution in [1.29, 1.82) is 0 Å². The summed E-state index contributed by atoms with van der Waals surface area (Å²) in [5, 5.41) is 21.3. The molecular formula is C22H12F6O2. The maximum atomic E-state index is 13.6. The molecule has 0 aliphatic carbocycles. The lowest BCUT2D eigenvalue weighted by molar-refractivity contribution is -0.139. The van der Waals surface area contributed by atoms with Gasteiger partial charge >= 0.3 is 12.4 Å². The molecule has 0 saturated heterocycles. The van der Waals surface area contributed by atoms with E-state index in [0.717, 1.165) is 12.1 Å². The summed E-state index contributed by atoms with van der Waals surface area (Å²) in [6.45, 7) is 0. The minimum Gasteiger partial charge on any atom is -0.507 e. The van der Waals surface area contributed by atoms with Gasteiger partial charge in [-0.05, 0) is 33.7 Å². The summed E-state index contributed by atoms with van der Waals surface area (Å²) >= 11 is 0. The first-order valence-corrected chi connectivity index (χ1v) is 8.64. The van der Waals surface area contributed by atoms with Gasteiger partial charge < -0.3 is 10.2 Å². The fraction of sp³-hybridized carbons (Fsp3) is 0.0909. The molecule has 0 bridgehead atoms. The highest BCUT2D eigenvalue weighted by Gasteiger charge is 2.39. The van der Waals surface area contributed by atoms with Crippen molar-refractivity contribution >= 4 is 21.5 Å². The number of fused-ring (bicyclic) bond motifs is 2. The quantitative estimate of drug-likeness (QED) is 0.321. The largest absolute Gasteiger partial charge is 0.507 e. The lowest BCUT2D eigenvalue weighted by Gasteiger charge is -2.20. The minimum atomic E-state index is -4.96. The molecule has 2 nitrogen and oxygen atoms in total. The Morgan fingerprint density at radius 3 is 1.20 bits per heavy atom. The number of halogens is 6. The fourth-order valence-corrected chi connectivity index (χ4v) is 3.61. The molecule has 4 rings (SSSR count). The normalized spacial score (nSPS) is 12.6. The van der Waals surface area contributed by atoms with E-state index in [4.69, 9.17) is 0 Å². The van der Waals surface area contributed by atoms with Crippen LogP contribution in [-0.4, -0.2) is 10.2 Å². The van der Waals surface area contributed by atoms with E-state index in [1.165, 1.54) is 48.5 Å². The molecule has 4 aromatic carbocycles. The molecule has 0 unspecified atom stereocenters. The topological polar surface area (TPSA) is 40.5 Å². The van der Waals surface area contributed by atoms with Gasteiger partial charge in [0.1, 0.15) is 11.5 Å². The minimum absolute atomic E-state index is 0.0542. The smallest absolute Gasteiger partial charge is 0.419 e. The van der Waals surface area contributed by atoms with Crippen LogP contribution >= 0.6 is 0 Å². The molecule has 0 fully saturated rings. The van der Waals surface area contributed by atoms with E-state index in [1.54, 1.807) is 0 Å². The third kappa shape index (κ3) is 3.08. The maximum absolute atomic E-state index is 13.6. The monoisotopic (exact) mass is 422 g/mol. The Bertz CT molecular complexity index is 1190. The molecule has 0 atom stereocenters. The average Bonchev–Trinajstić information content (AvgIpc) is 2.66.